The Bertz CT molecular complexity index is 1100. The second-order valence-corrected chi connectivity index (χ2v) is 10.2. The van der Waals surface area contributed by atoms with Gasteiger partial charge in [-0.3, -0.25) is 10.3 Å². The summed E-state index contributed by atoms with van der Waals surface area (Å²) in [5, 5.41) is 6.11. The molecule has 9 heteroatoms. The Hall–Kier alpha value is -2.73. The maximum atomic E-state index is 12.6. The first-order chi connectivity index (χ1) is 13.8. The molecule has 0 radical (unpaired) electrons. The molecule has 0 aliphatic carbocycles. The number of aromatic nitrogens is 2. The SMILES string of the molecule is C=Nc1ccc(Nc2ncc(Cl)c([NH2+]c3ccccc3P(C)(C)=O)n2)c(OC)c1. The minimum atomic E-state index is -2.46. The molecule has 0 unspecified atom stereocenters. The molecular weight excluding hydrogens is 409 g/mol. The zero-order valence-corrected chi connectivity index (χ0v) is 18.0. The molecule has 3 N–H and O–H groups in total. The van der Waals surface area contributed by atoms with Crippen molar-refractivity contribution in [2.45, 2.75) is 0 Å². The van der Waals surface area contributed by atoms with E-state index in [-0.39, 0.29) is 0 Å². The third kappa shape index (κ3) is 5.01. The number of quaternary nitrogens is 1. The first kappa shape index (κ1) is 21.0. The number of hydrogen-bond acceptors (Lipinski definition) is 6. The van der Waals surface area contributed by atoms with Crippen LogP contribution < -0.4 is 20.7 Å². The molecule has 3 rings (SSSR count). The summed E-state index contributed by atoms with van der Waals surface area (Å²) in [6, 6.07) is 12.9. The van der Waals surface area contributed by atoms with Crippen molar-refractivity contribution in [1.82, 2.24) is 9.97 Å². The van der Waals surface area contributed by atoms with E-state index in [0.717, 1.165) is 11.0 Å². The molecular formula is C20H22ClN5O2P+. The first-order valence-corrected chi connectivity index (χ1v) is 11.7. The van der Waals surface area contributed by atoms with Gasteiger partial charge >= 0.3 is 0 Å². The fourth-order valence-electron chi connectivity index (χ4n) is 2.79. The largest absolute Gasteiger partial charge is 0.494 e. The molecule has 3 aromatic rings. The van der Waals surface area contributed by atoms with Crippen LogP contribution in [0.3, 0.4) is 0 Å². The van der Waals surface area contributed by atoms with E-state index in [4.69, 9.17) is 16.3 Å². The van der Waals surface area contributed by atoms with Crippen LogP contribution in [-0.4, -0.2) is 37.1 Å². The van der Waals surface area contributed by atoms with E-state index < -0.39 is 7.14 Å². The lowest BCUT2D eigenvalue weighted by atomic mass is 10.2. The predicted molar refractivity (Wildman–Crippen MR) is 119 cm³/mol. The van der Waals surface area contributed by atoms with E-state index >= 15 is 0 Å². The number of para-hydroxylation sites is 1. The fraction of sp³-hybridized carbons (Fsp3) is 0.150. The average Bonchev–Trinajstić information content (AvgIpc) is 2.70. The van der Waals surface area contributed by atoms with Gasteiger partial charge in [0, 0.05) is 12.1 Å². The average molecular weight is 431 g/mol. The highest BCUT2D eigenvalue weighted by Gasteiger charge is 2.21. The van der Waals surface area contributed by atoms with Gasteiger partial charge in [-0.1, -0.05) is 23.7 Å². The number of rotatable bonds is 7. The van der Waals surface area contributed by atoms with Crippen LogP contribution in [0.25, 0.3) is 0 Å². The van der Waals surface area contributed by atoms with Gasteiger partial charge in [0.2, 0.25) is 5.95 Å². The predicted octanol–water partition coefficient (Wildman–Crippen LogP) is 3.99. The number of anilines is 2. The molecule has 0 bridgehead atoms. The van der Waals surface area contributed by atoms with Gasteiger partial charge in [0.25, 0.3) is 5.82 Å². The number of halogens is 1. The standard InChI is InChI=1S/C20H21ClN5O2P/c1-22-13-9-10-15(17(11-13)28-2)25-20-23-12-14(21)19(26-20)24-16-7-5-6-8-18(16)29(3,4)27/h5-12H,1H2,2-4H3,(H2,23,24,25,26)/p+1. The van der Waals surface area contributed by atoms with Crippen LogP contribution in [0.5, 0.6) is 5.75 Å². The van der Waals surface area contributed by atoms with Crippen LogP contribution in [-0.2, 0) is 4.57 Å². The van der Waals surface area contributed by atoms with Crippen molar-refractivity contribution in [3.8, 4) is 5.75 Å². The molecule has 0 atom stereocenters. The highest BCUT2D eigenvalue weighted by atomic mass is 35.5. The first-order valence-electron chi connectivity index (χ1n) is 8.75. The van der Waals surface area contributed by atoms with Crippen molar-refractivity contribution >= 4 is 59.6 Å². The van der Waals surface area contributed by atoms with Crippen LogP contribution in [0.2, 0.25) is 5.02 Å². The Balaban J connectivity index is 1.92. The number of nitrogens with zero attached hydrogens (tertiary/aromatic N) is 3. The van der Waals surface area contributed by atoms with Gasteiger partial charge in [-0.05, 0) is 38.2 Å². The molecule has 0 aliphatic rings. The number of ether oxygens (including phenoxy) is 1. The maximum Gasteiger partial charge on any atom is 0.253 e. The molecule has 1 heterocycles. The second-order valence-electron chi connectivity index (χ2n) is 6.65. The van der Waals surface area contributed by atoms with Crippen LogP contribution >= 0.6 is 18.7 Å². The van der Waals surface area contributed by atoms with Crippen molar-refractivity contribution in [2.24, 2.45) is 4.99 Å². The summed E-state index contributed by atoms with van der Waals surface area (Å²) < 4.78 is 18.0. The van der Waals surface area contributed by atoms with Gasteiger partial charge in [-0.25, -0.2) is 4.98 Å². The Morgan fingerprint density at radius 1 is 1.24 bits per heavy atom. The third-order valence-electron chi connectivity index (χ3n) is 4.19. The zero-order valence-electron chi connectivity index (χ0n) is 16.4. The lowest BCUT2D eigenvalue weighted by Crippen LogP contribution is -2.73. The number of nitrogens with two attached hydrogens (primary N) is 1. The quantitative estimate of drug-likeness (QED) is 0.336. The molecule has 29 heavy (non-hydrogen) atoms. The number of hydrogen-bond donors (Lipinski definition) is 2. The highest BCUT2D eigenvalue weighted by molar-refractivity contribution is 7.70. The number of nitrogens with one attached hydrogen (secondary N) is 1. The Morgan fingerprint density at radius 2 is 2.00 bits per heavy atom. The van der Waals surface area contributed by atoms with Crippen molar-refractivity contribution in [2.75, 3.05) is 25.8 Å². The lowest BCUT2D eigenvalue weighted by Gasteiger charge is -2.13. The molecule has 0 aliphatic heterocycles. The van der Waals surface area contributed by atoms with Crippen LogP contribution in [0, 0.1) is 0 Å². The minimum absolute atomic E-state index is 0.354. The second kappa shape index (κ2) is 8.74. The summed E-state index contributed by atoms with van der Waals surface area (Å²) in [6.07, 6.45) is 1.52. The fourth-order valence-corrected chi connectivity index (χ4v) is 4.14. The number of methoxy groups -OCH3 is 1. The van der Waals surface area contributed by atoms with E-state index in [9.17, 15) is 4.57 Å². The molecule has 0 amide bonds. The van der Waals surface area contributed by atoms with E-state index in [0.29, 0.717) is 33.9 Å². The normalized spacial score (nSPS) is 11.2. The lowest BCUT2D eigenvalue weighted by molar-refractivity contribution is -0.481. The summed E-state index contributed by atoms with van der Waals surface area (Å²) in [4.78, 5) is 12.7. The van der Waals surface area contributed by atoms with Crippen molar-refractivity contribution in [1.29, 1.82) is 0 Å². The van der Waals surface area contributed by atoms with Gasteiger partial charge in [0.05, 0.1) is 30.0 Å². The molecule has 2 aromatic carbocycles. The molecule has 1 aromatic heterocycles. The number of aliphatic imine (C=N–C) groups is 1. The van der Waals surface area contributed by atoms with E-state index in [2.05, 4.69) is 27.0 Å². The van der Waals surface area contributed by atoms with E-state index in [1.165, 1.54) is 6.20 Å². The van der Waals surface area contributed by atoms with Crippen LogP contribution in [0.4, 0.5) is 28.8 Å². The van der Waals surface area contributed by atoms with Crippen molar-refractivity contribution in [3.05, 3.63) is 53.7 Å². The maximum absolute atomic E-state index is 12.6. The summed E-state index contributed by atoms with van der Waals surface area (Å²) in [5.41, 5.74) is 2.19. The van der Waals surface area contributed by atoms with E-state index in [1.807, 2.05) is 35.6 Å². The minimum Gasteiger partial charge on any atom is -0.494 e. The zero-order chi connectivity index (χ0) is 21.0. The third-order valence-corrected chi connectivity index (χ3v) is 6.05. The van der Waals surface area contributed by atoms with E-state index in [1.54, 1.807) is 32.6 Å². The molecule has 150 valence electrons. The highest BCUT2D eigenvalue weighted by Crippen LogP contribution is 2.36. The van der Waals surface area contributed by atoms with Crippen molar-refractivity contribution < 1.29 is 14.6 Å². The Morgan fingerprint density at radius 3 is 2.69 bits per heavy atom. The smallest absolute Gasteiger partial charge is 0.253 e. The Labute approximate surface area is 174 Å². The molecule has 0 saturated heterocycles. The number of benzene rings is 2. The van der Waals surface area contributed by atoms with Gasteiger partial charge in [-0.15, -0.1) is 0 Å². The summed E-state index contributed by atoms with van der Waals surface area (Å²) >= 11 is 6.32. The van der Waals surface area contributed by atoms with Gasteiger partial charge in [0.15, 0.2) is 0 Å². The summed E-state index contributed by atoms with van der Waals surface area (Å²) in [5.74, 6) is 1.46. The van der Waals surface area contributed by atoms with Crippen LogP contribution in [0.15, 0.2) is 53.7 Å². The van der Waals surface area contributed by atoms with Gasteiger partial charge < -0.3 is 14.6 Å². The molecule has 0 saturated carbocycles. The molecule has 0 spiro atoms. The van der Waals surface area contributed by atoms with Gasteiger partial charge in [-0.2, -0.15) is 4.98 Å². The Kier molecular flexibility index (Phi) is 6.33. The summed E-state index contributed by atoms with van der Waals surface area (Å²) in [6.45, 7) is 6.99. The topological polar surface area (TPSA) is 93.1 Å². The monoisotopic (exact) mass is 430 g/mol. The van der Waals surface area contributed by atoms with Crippen molar-refractivity contribution in [3.63, 3.8) is 0 Å². The summed E-state index contributed by atoms with van der Waals surface area (Å²) in [7, 11) is -0.887. The molecule has 0 fully saturated rings. The van der Waals surface area contributed by atoms with Gasteiger partial charge in [0.1, 0.15) is 23.6 Å². The molecule has 7 nitrogen and oxygen atoms in total. The van der Waals surface area contributed by atoms with Crippen LogP contribution in [0.1, 0.15) is 0 Å².